The maximum atomic E-state index is 12.5. The molecule has 3 rings (SSSR count). The quantitative estimate of drug-likeness (QED) is 0.784. The Bertz CT molecular complexity index is 756. The van der Waals surface area contributed by atoms with Gasteiger partial charge >= 0.3 is 0 Å². The van der Waals surface area contributed by atoms with E-state index in [0.29, 0.717) is 19.5 Å². The monoisotopic (exact) mass is 349 g/mol. The summed E-state index contributed by atoms with van der Waals surface area (Å²) in [4.78, 5) is 14.3. The maximum Gasteiger partial charge on any atom is 0.246 e. The van der Waals surface area contributed by atoms with Crippen molar-refractivity contribution in [3.8, 4) is 5.75 Å². The highest BCUT2D eigenvalue weighted by molar-refractivity contribution is 7.91. The number of hydrogen-bond donors (Lipinski definition) is 0. The highest BCUT2D eigenvalue weighted by Crippen LogP contribution is 2.40. The first-order valence-electron chi connectivity index (χ1n) is 8.23. The van der Waals surface area contributed by atoms with Gasteiger partial charge in [-0.3, -0.25) is 4.79 Å². The number of carbonyl (C=O) groups excluding carboxylic acids is 1. The Morgan fingerprint density at radius 2 is 2.17 bits per heavy atom. The summed E-state index contributed by atoms with van der Waals surface area (Å²) in [6.45, 7) is 1.25. The van der Waals surface area contributed by atoms with Crippen molar-refractivity contribution in [2.24, 2.45) is 5.41 Å². The summed E-state index contributed by atoms with van der Waals surface area (Å²) in [5, 5.41) is 0. The van der Waals surface area contributed by atoms with Crippen LogP contribution in [-0.4, -0.2) is 50.9 Å². The summed E-state index contributed by atoms with van der Waals surface area (Å²) in [6, 6.07) is 7.51. The van der Waals surface area contributed by atoms with Crippen LogP contribution in [0, 0.1) is 5.41 Å². The van der Waals surface area contributed by atoms with Crippen LogP contribution in [0.3, 0.4) is 0 Å². The lowest BCUT2D eigenvalue weighted by Crippen LogP contribution is -2.46. The molecule has 6 heteroatoms. The summed E-state index contributed by atoms with van der Waals surface area (Å²) < 4.78 is 28.8. The van der Waals surface area contributed by atoms with Crippen molar-refractivity contribution in [2.75, 3.05) is 31.7 Å². The number of sulfone groups is 1. The summed E-state index contributed by atoms with van der Waals surface area (Å²) in [5.41, 5.74) is 0.675. The number of piperidine rings is 1. The van der Waals surface area contributed by atoms with Gasteiger partial charge in [-0.1, -0.05) is 12.1 Å². The lowest BCUT2D eigenvalue weighted by atomic mass is 9.79. The van der Waals surface area contributed by atoms with Crippen LogP contribution < -0.4 is 4.74 Å². The van der Waals surface area contributed by atoms with Crippen LogP contribution in [0.15, 0.2) is 30.3 Å². The lowest BCUT2D eigenvalue weighted by Gasteiger charge is -2.39. The van der Waals surface area contributed by atoms with Crippen LogP contribution in [-0.2, 0) is 14.6 Å². The fourth-order valence-electron chi connectivity index (χ4n) is 3.72. The number of likely N-dealkylation sites (tertiary alicyclic amines) is 1. The van der Waals surface area contributed by atoms with E-state index in [9.17, 15) is 13.2 Å². The van der Waals surface area contributed by atoms with Crippen LogP contribution in [0.5, 0.6) is 5.75 Å². The van der Waals surface area contributed by atoms with Crippen LogP contribution in [0.4, 0.5) is 0 Å². The number of methoxy groups -OCH3 is 1. The van der Waals surface area contributed by atoms with Crippen molar-refractivity contribution in [3.05, 3.63) is 35.9 Å². The molecule has 0 bridgehead atoms. The molecule has 0 N–H and O–H groups in total. The topological polar surface area (TPSA) is 63.7 Å². The number of amides is 1. The van der Waals surface area contributed by atoms with Crippen molar-refractivity contribution in [1.82, 2.24) is 4.90 Å². The number of hydrogen-bond acceptors (Lipinski definition) is 4. The first-order chi connectivity index (χ1) is 11.4. The molecule has 5 nitrogen and oxygen atoms in total. The predicted molar refractivity (Wildman–Crippen MR) is 93.5 cm³/mol. The molecule has 2 aliphatic heterocycles. The largest absolute Gasteiger partial charge is 0.497 e. The molecule has 130 valence electrons. The molecule has 2 aliphatic rings. The standard InChI is InChI=1S/C18H23NO4S/c1-23-16-5-2-4-15(12-16)6-7-17(20)19-10-3-8-18(13-19)9-11-24(21,22)14-18/h2,4-7,12H,3,8-11,13-14H2,1H3/b7-6+. The van der Waals surface area contributed by atoms with Crippen molar-refractivity contribution >= 4 is 21.8 Å². The van der Waals surface area contributed by atoms with E-state index in [0.717, 1.165) is 24.2 Å². The van der Waals surface area contributed by atoms with E-state index in [-0.39, 0.29) is 22.8 Å². The summed E-state index contributed by atoms with van der Waals surface area (Å²) in [7, 11) is -1.33. The normalized spacial score (nSPS) is 26.1. The van der Waals surface area contributed by atoms with Gasteiger partial charge in [0, 0.05) is 24.6 Å². The minimum Gasteiger partial charge on any atom is -0.497 e. The average Bonchev–Trinajstić information content (AvgIpc) is 2.87. The first kappa shape index (κ1) is 17.0. The second kappa shape index (κ2) is 6.59. The number of nitrogens with zero attached hydrogens (tertiary/aromatic N) is 1. The molecule has 0 aromatic heterocycles. The van der Waals surface area contributed by atoms with Gasteiger partial charge in [-0.15, -0.1) is 0 Å². The van der Waals surface area contributed by atoms with Crippen LogP contribution in [0.1, 0.15) is 24.8 Å². The smallest absolute Gasteiger partial charge is 0.246 e. The molecule has 0 radical (unpaired) electrons. The second-order valence-electron chi connectivity index (χ2n) is 6.82. The molecule has 2 fully saturated rings. The molecule has 0 saturated carbocycles. The predicted octanol–water partition coefficient (Wildman–Crippen LogP) is 2.14. The lowest BCUT2D eigenvalue weighted by molar-refractivity contribution is -0.129. The van der Waals surface area contributed by atoms with Gasteiger partial charge in [0.2, 0.25) is 5.91 Å². The molecule has 1 aromatic rings. The Morgan fingerprint density at radius 3 is 2.88 bits per heavy atom. The second-order valence-corrected chi connectivity index (χ2v) is 9.00. The van der Waals surface area contributed by atoms with E-state index < -0.39 is 9.84 Å². The molecule has 1 spiro atoms. The third kappa shape index (κ3) is 3.80. The zero-order chi connectivity index (χ0) is 17.2. The van der Waals surface area contributed by atoms with Gasteiger partial charge in [-0.05, 0) is 43.0 Å². The van der Waals surface area contributed by atoms with E-state index in [2.05, 4.69) is 0 Å². The molecular formula is C18H23NO4S. The van der Waals surface area contributed by atoms with Gasteiger partial charge in [0.1, 0.15) is 5.75 Å². The summed E-state index contributed by atoms with van der Waals surface area (Å²) in [5.74, 6) is 1.18. The van der Waals surface area contributed by atoms with E-state index in [4.69, 9.17) is 4.74 Å². The fourth-order valence-corrected chi connectivity index (χ4v) is 5.92. The SMILES string of the molecule is COc1cccc(/C=C/C(=O)N2CCCC3(CCS(=O)(=O)C3)C2)c1. The third-order valence-corrected chi connectivity index (χ3v) is 6.83. The summed E-state index contributed by atoms with van der Waals surface area (Å²) in [6.07, 6.45) is 5.79. The molecule has 1 atom stereocenters. The van der Waals surface area contributed by atoms with Crippen LogP contribution >= 0.6 is 0 Å². The molecular weight excluding hydrogens is 326 g/mol. The van der Waals surface area contributed by atoms with Crippen molar-refractivity contribution < 1.29 is 17.9 Å². The summed E-state index contributed by atoms with van der Waals surface area (Å²) >= 11 is 0. The Hall–Kier alpha value is -1.82. The van der Waals surface area contributed by atoms with Gasteiger partial charge in [0.05, 0.1) is 18.6 Å². The molecule has 1 unspecified atom stereocenters. The minimum absolute atomic E-state index is 0.0545. The highest BCUT2D eigenvalue weighted by atomic mass is 32.2. The Balaban J connectivity index is 1.67. The first-order valence-corrected chi connectivity index (χ1v) is 10.1. The van der Waals surface area contributed by atoms with E-state index in [1.54, 1.807) is 24.2 Å². The molecule has 1 amide bonds. The van der Waals surface area contributed by atoms with Crippen molar-refractivity contribution in [2.45, 2.75) is 19.3 Å². The Morgan fingerprint density at radius 1 is 1.33 bits per heavy atom. The molecule has 2 heterocycles. The van der Waals surface area contributed by atoms with Crippen LogP contribution in [0.25, 0.3) is 6.08 Å². The van der Waals surface area contributed by atoms with E-state index >= 15 is 0 Å². The van der Waals surface area contributed by atoms with Gasteiger partial charge in [0.15, 0.2) is 9.84 Å². The van der Waals surface area contributed by atoms with Crippen molar-refractivity contribution in [1.29, 1.82) is 0 Å². The van der Waals surface area contributed by atoms with E-state index in [1.165, 1.54) is 0 Å². The average molecular weight is 349 g/mol. The number of carbonyl (C=O) groups is 1. The molecule has 0 aliphatic carbocycles. The third-order valence-electron chi connectivity index (χ3n) is 4.95. The van der Waals surface area contributed by atoms with E-state index in [1.807, 2.05) is 24.3 Å². The van der Waals surface area contributed by atoms with Gasteiger partial charge < -0.3 is 9.64 Å². The van der Waals surface area contributed by atoms with Gasteiger partial charge in [-0.25, -0.2) is 8.42 Å². The Labute approximate surface area is 143 Å². The number of benzene rings is 1. The zero-order valence-electron chi connectivity index (χ0n) is 13.9. The van der Waals surface area contributed by atoms with Gasteiger partial charge in [-0.2, -0.15) is 0 Å². The van der Waals surface area contributed by atoms with Crippen LogP contribution in [0.2, 0.25) is 0 Å². The maximum absolute atomic E-state index is 12.5. The molecule has 24 heavy (non-hydrogen) atoms. The van der Waals surface area contributed by atoms with Gasteiger partial charge in [0.25, 0.3) is 0 Å². The fraction of sp³-hybridized carbons (Fsp3) is 0.500. The number of ether oxygens (including phenoxy) is 1. The number of rotatable bonds is 3. The highest BCUT2D eigenvalue weighted by Gasteiger charge is 2.45. The molecule has 1 aromatic carbocycles. The Kier molecular flexibility index (Phi) is 4.67. The molecule has 2 saturated heterocycles. The zero-order valence-corrected chi connectivity index (χ0v) is 14.7. The minimum atomic E-state index is -2.94. The van der Waals surface area contributed by atoms with Crippen molar-refractivity contribution in [3.63, 3.8) is 0 Å².